The van der Waals surface area contributed by atoms with E-state index >= 15 is 0 Å². The van der Waals surface area contributed by atoms with Gasteiger partial charge in [0.15, 0.2) is 0 Å². The molecule has 0 spiro atoms. The molecule has 1 nitrogen and oxygen atoms in total. The summed E-state index contributed by atoms with van der Waals surface area (Å²) in [5, 5.41) is 3.19. The van der Waals surface area contributed by atoms with Gasteiger partial charge in [-0.2, -0.15) is 0 Å². The Labute approximate surface area is 64.2 Å². The molecular formula is C9H17N. The highest BCUT2D eigenvalue weighted by Crippen LogP contribution is 2.28. The second-order valence-electron chi connectivity index (χ2n) is 3.64. The maximum absolute atomic E-state index is 5.38. The van der Waals surface area contributed by atoms with Gasteiger partial charge in [0.2, 0.25) is 0 Å². The molecule has 0 radical (unpaired) electrons. The molecule has 0 amide bonds. The van der Waals surface area contributed by atoms with Gasteiger partial charge in [-0.05, 0) is 34.7 Å². The fourth-order valence-corrected chi connectivity index (χ4v) is 0.493. The lowest BCUT2D eigenvalue weighted by Crippen LogP contribution is -2.48. The quantitative estimate of drug-likeness (QED) is 0.573. The highest BCUT2D eigenvalue weighted by Gasteiger charge is 2.33. The molecule has 0 fully saturated rings. The van der Waals surface area contributed by atoms with Gasteiger partial charge in [0.25, 0.3) is 0 Å². The molecule has 10 heavy (non-hydrogen) atoms. The predicted molar refractivity (Wildman–Crippen MR) is 45.8 cm³/mol. The van der Waals surface area contributed by atoms with Crippen LogP contribution in [0.2, 0.25) is 0 Å². The molecule has 1 N–H and O–H groups in total. The van der Waals surface area contributed by atoms with E-state index in [9.17, 15) is 0 Å². The molecule has 0 aliphatic carbocycles. The Balaban J connectivity index is 4.49. The van der Waals surface area contributed by atoms with Crippen LogP contribution in [0.1, 0.15) is 27.7 Å². The lowest BCUT2D eigenvalue weighted by Gasteiger charge is -2.37. The minimum absolute atomic E-state index is 0.00174. The SMILES string of the molecule is C#CC(C)(C)C(C)(C)NC. The predicted octanol–water partition coefficient (Wildman–Crippen LogP) is 1.64. The molecule has 0 unspecified atom stereocenters. The molecule has 0 aliphatic rings. The zero-order valence-corrected chi connectivity index (χ0v) is 7.58. The highest BCUT2D eigenvalue weighted by molar-refractivity contribution is 5.11. The molecule has 58 valence electrons. The van der Waals surface area contributed by atoms with Crippen LogP contribution in [0, 0.1) is 17.8 Å². The molecule has 0 aromatic carbocycles. The summed E-state index contributed by atoms with van der Waals surface area (Å²) >= 11 is 0. The van der Waals surface area contributed by atoms with Crippen molar-refractivity contribution >= 4 is 0 Å². The van der Waals surface area contributed by atoms with Gasteiger partial charge in [0, 0.05) is 11.0 Å². The van der Waals surface area contributed by atoms with Crippen LogP contribution in [0.4, 0.5) is 0 Å². The van der Waals surface area contributed by atoms with E-state index in [0.717, 1.165) is 0 Å². The smallest absolute Gasteiger partial charge is 0.0431 e. The molecule has 0 saturated carbocycles. The second kappa shape index (κ2) is 2.64. The van der Waals surface area contributed by atoms with Crippen LogP contribution in [0.15, 0.2) is 0 Å². The minimum atomic E-state index is -0.0955. The third-order valence-corrected chi connectivity index (χ3v) is 2.55. The van der Waals surface area contributed by atoms with E-state index in [4.69, 9.17) is 6.42 Å². The van der Waals surface area contributed by atoms with Crippen LogP contribution < -0.4 is 5.32 Å². The first-order valence-electron chi connectivity index (χ1n) is 3.54. The third kappa shape index (κ3) is 1.52. The Bertz CT molecular complexity index is 149. The summed E-state index contributed by atoms with van der Waals surface area (Å²) in [6.07, 6.45) is 5.38. The molecule has 0 aromatic heterocycles. The summed E-state index contributed by atoms with van der Waals surface area (Å²) in [4.78, 5) is 0. The van der Waals surface area contributed by atoms with Gasteiger partial charge in [0.05, 0.1) is 0 Å². The maximum atomic E-state index is 5.38. The van der Waals surface area contributed by atoms with Gasteiger partial charge in [0.1, 0.15) is 0 Å². The van der Waals surface area contributed by atoms with Gasteiger partial charge in [-0.25, -0.2) is 0 Å². The fourth-order valence-electron chi connectivity index (χ4n) is 0.493. The topological polar surface area (TPSA) is 12.0 Å². The van der Waals surface area contributed by atoms with Crippen LogP contribution in [0.25, 0.3) is 0 Å². The van der Waals surface area contributed by atoms with Crippen molar-refractivity contribution in [2.45, 2.75) is 33.2 Å². The van der Waals surface area contributed by atoms with E-state index in [-0.39, 0.29) is 11.0 Å². The third-order valence-electron chi connectivity index (χ3n) is 2.55. The molecule has 0 atom stereocenters. The van der Waals surface area contributed by atoms with Gasteiger partial charge in [-0.15, -0.1) is 6.42 Å². The standard InChI is InChI=1S/C9H17N/c1-7-8(2,3)9(4,5)10-6/h1,10H,2-6H3. The zero-order chi connectivity index (χ0) is 8.41. The normalized spacial score (nSPS) is 12.8. The Hall–Kier alpha value is -0.480. The maximum Gasteiger partial charge on any atom is 0.0431 e. The summed E-state index contributed by atoms with van der Waals surface area (Å²) in [7, 11) is 1.93. The zero-order valence-electron chi connectivity index (χ0n) is 7.58. The van der Waals surface area contributed by atoms with E-state index in [1.165, 1.54) is 0 Å². The largest absolute Gasteiger partial charge is 0.313 e. The summed E-state index contributed by atoms with van der Waals surface area (Å²) in [6, 6.07) is 0. The summed E-state index contributed by atoms with van der Waals surface area (Å²) < 4.78 is 0. The van der Waals surface area contributed by atoms with Crippen molar-refractivity contribution in [3.05, 3.63) is 0 Å². The van der Waals surface area contributed by atoms with Gasteiger partial charge in [-0.1, -0.05) is 5.92 Å². The minimum Gasteiger partial charge on any atom is -0.313 e. The molecule has 0 aromatic rings. The Morgan fingerprint density at radius 3 is 1.70 bits per heavy atom. The fraction of sp³-hybridized carbons (Fsp3) is 0.778. The van der Waals surface area contributed by atoms with Crippen molar-refractivity contribution < 1.29 is 0 Å². The van der Waals surface area contributed by atoms with Crippen molar-refractivity contribution in [3.63, 3.8) is 0 Å². The molecule has 0 rings (SSSR count). The molecule has 0 bridgehead atoms. The van der Waals surface area contributed by atoms with Crippen LogP contribution in [-0.4, -0.2) is 12.6 Å². The Morgan fingerprint density at radius 2 is 1.60 bits per heavy atom. The first kappa shape index (κ1) is 9.52. The lowest BCUT2D eigenvalue weighted by atomic mass is 9.75. The van der Waals surface area contributed by atoms with Crippen molar-refractivity contribution in [1.82, 2.24) is 5.32 Å². The van der Waals surface area contributed by atoms with Crippen LogP contribution in [-0.2, 0) is 0 Å². The van der Waals surface area contributed by atoms with Crippen molar-refractivity contribution in [1.29, 1.82) is 0 Å². The Kier molecular flexibility index (Phi) is 2.51. The number of nitrogens with one attached hydrogen (secondary N) is 1. The molecule has 0 saturated heterocycles. The van der Waals surface area contributed by atoms with E-state index < -0.39 is 0 Å². The number of hydrogen-bond acceptors (Lipinski definition) is 1. The van der Waals surface area contributed by atoms with E-state index in [0.29, 0.717) is 0 Å². The Morgan fingerprint density at radius 1 is 1.20 bits per heavy atom. The van der Waals surface area contributed by atoms with E-state index in [1.54, 1.807) is 0 Å². The van der Waals surface area contributed by atoms with Crippen molar-refractivity contribution in [3.8, 4) is 12.3 Å². The average Bonchev–Trinajstić information content (AvgIpc) is 1.88. The first-order chi connectivity index (χ1) is 4.37. The average molecular weight is 139 g/mol. The van der Waals surface area contributed by atoms with E-state index in [1.807, 2.05) is 7.05 Å². The number of rotatable bonds is 2. The van der Waals surface area contributed by atoms with Gasteiger partial charge >= 0.3 is 0 Å². The number of terminal acetylenes is 1. The lowest BCUT2D eigenvalue weighted by molar-refractivity contribution is 0.236. The highest BCUT2D eigenvalue weighted by atomic mass is 14.9. The number of hydrogen-bond donors (Lipinski definition) is 1. The van der Waals surface area contributed by atoms with Gasteiger partial charge in [-0.3, -0.25) is 0 Å². The van der Waals surface area contributed by atoms with Gasteiger partial charge < -0.3 is 5.32 Å². The molecule has 0 heterocycles. The first-order valence-corrected chi connectivity index (χ1v) is 3.54. The summed E-state index contributed by atoms with van der Waals surface area (Å²) in [5.74, 6) is 2.77. The van der Waals surface area contributed by atoms with Crippen LogP contribution >= 0.6 is 0 Å². The van der Waals surface area contributed by atoms with Crippen molar-refractivity contribution in [2.75, 3.05) is 7.05 Å². The molecular weight excluding hydrogens is 122 g/mol. The van der Waals surface area contributed by atoms with Crippen LogP contribution in [0.5, 0.6) is 0 Å². The summed E-state index contributed by atoms with van der Waals surface area (Å²) in [6.45, 7) is 8.33. The summed E-state index contributed by atoms with van der Waals surface area (Å²) in [5.41, 5.74) is -0.0937. The van der Waals surface area contributed by atoms with Crippen LogP contribution in [0.3, 0.4) is 0 Å². The van der Waals surface area contributed by atoms with Crippen molar-refractivity contribution in [2.24, 2.45) is 5.41 Å². The monoisotopic (exact) mass is 139 g/mol. The molecule has 1 heteroatoms. The second-order valence-corrected chi connectivity index (χ2v) is 3.64. The van der Waals surface area contributed by atoms with E-state index in [2.05, 4.69) is 38.9 Å². The molecule has 0 aliphatic heterocycles.